The van der Waals surface area contributed by atoms with Crippen LogP contribution in [0.2, 0.25) is 0 Å². The number of aliphatic hydroxyl groups excluding tert-OH is 1. The molecule has 1 aromatic rings. The van der Waals surface area contributed by atoms with Crippen molar-refractivity contribution in [2.75, 3.05) is 18.5 Å². The number of carboxylic acid groups (broad SMARTS) is 1. The van der Waals surface area contributed by atoms with E-state index in [4.69, 9.17) is 10.2 Å². The summed E-state index contributed by atoms with van der Waals surface area (Å²) in [5.41, 5.74) is 0.558. The molecule has 0 aromatic carbocycles. The van der Waals surface area contributed by atoms with Crippen molar-refractivity contribution in [3.63, 3.8) is 0 Å². The molecule has 0 spiro atoms. The van der Waals surface area contributed by atoms with Crippen LogP contribution in [0.4, 0.5) is 5.95 Å². The van der Waals surface area contributed by atoms with Crippen molar-refractivity contribution < 1.29 is 15.0 Å². The number of carbonyl (C=O) groups is 1. The number of aryl methyl sites for hydroxylation is 1. The van der Waals surface area contributed by atoms with E-state index in [1.54, 1.807) is 6.92 Å². The molecule has 1 heterocycles. The Bertz CT molecular complexity index is 354. The van der Waals surface area contributed by atoms with Crippen molar-refractivity contribution in [1.82, 2.24) is 9.97 Å². The third-order valence-corrected chi connectivity index (χ3v) is 1.69. The summed E-state index contributed by atoms with van der Waals surface area (Å²) in [6, 6.07) is 1.40. The highest BCUT2D eigenvalue weighted by molar-refractivity contribution is 5.85. The number of nitrogens with zero attached hydrogens (tertiary/aromatic N) is 2. The first-order chi connectivity index (χ1) is 7.13. The standard InChI is InChI=1S/C9H13N3O3/c1-6-5-7(8(14)15)12-9(11-6)10-3-2-4-13/h5,13H,2-4H2,1H3,(H,14,15)(H,10,11,12). The van der Waals surface area contributed by atoms with Gasteiger partial charge in [0.2, 0.25) is 5.95 Å². The van der Waals surface area contributed by atoms with Crippen molar-refractivity contribution in [2.24, 2.45) is 0 Å². The van der Waals surface area contributed by atoms with Gasteiger partial charge in [-0.2, -0.15) is 0 Å². The molecule has 3 N–H and O–H groups in total. The zero-order chi connectivity index (χ0) is 11.3. The molecule has 0 radical (unpaired) electrons. The van der Waals surface area contributed by atoms with Gasteiger partial charge in [-0.3, -0.25) is 0 Å². The molecule has 0 saturated heterocycles. The summed E-state index contributed by atoms with van der Waals surface area (Å²) in [6.07, 6.45) is 0.569. The predicted octanol–water partition coefficient (Wildman–Crippen LogP) is 0.278. The fourth-order valence-corrected chi connectivity index (χ4v) is 1.04. The number of hydrogen-bond acceptors (Lipinski definition) is 5. The Balaban J connectivity index is 2.75. The monoisotopic (exact) mass is 211 g/mol. The van der Waals surface area contributed by atoms with Crippen LogP contribution >= 0.6 is 0 Å². The number of aromatic carboxylic acids is 1. The maximum absolute atomic E-state index is 10.7. The molecule has 82 valence electrons. The second-order valence-electron chi connectivity index (χ2n) is 3.03. The second kappa shape index (κ2) is 5.26. The largest absolute Gasteiger partial charge is 0.477 e. The molecule has 0 bridgehead atoms. The topological polar surface area (TPSA) is 95.3 Å². The van der Waals surface area contributed by atoms with E-state index in [-0.39, 0.29) is 18.2 Å². The van der Waals surface area contributed by atoms with E-state index in [9.17, 15) is 4.79 Å². The van der Waals surface area contributed by atoms with Crippen LogP contribution in [0.15, 0.2) is 6.07 Å². The Morgan fingerprint density at radius 3 is 2.87 bits per heavy atom. The summed E-state index contributed by atoms with van der Waals surface area (Å²) in [7, 11) is 0. The van der Waals surface area contributed by atoms with Gasteiger partial charge in [0.25, 0.3) is 0 Å². The van der Waals surface area contributed by atoms with E-state index in [2.05, 4.69) is 15.3 Å². The van der Waals surface area contributed by atoms with Gasteiger partial charge in [0.1, 0.15) is 0 Å². The predicted molar refractivity (Wildman–Crippen MR) is 53.9 cm³/mol. The normalized spacial score (nSPS) is 10.0. The smallest absolute Gasteiger partial charge is 0.354 e. The van der Waals surface area contributed by atoms with E-state index in [1.807, 2.05) is 0 Å². The van der Waals surface area contributed by atoms with Gasteiger partial charge in [0.05, 0.1) is 0 Å². The Morgan fingerprint density at radius 2 is 2.27 bits per heavy atom. The van der Waals surface area contributed by atoms with Gasteiger partial charge in [-0.1, -0.05) is 0 Å². The fraction of sp³-hybridized carbons (Fsp3) is 0.444. The van der Waals surface area contributed by atoms with Gasteiger partial charge in [-0.05, 0) is 19.4 Å². The summed E-state index contributed by atoms with van der Waals surface area (Å²) in [4.78, 5) is 18.5. The summed E-state index contributed by atoms with van der Waals surface area (Å²) in [5.74, 6) is -0.799. The average molecular weight is 211 g/mol. The van der Waals surface area contributed by atoms with E-state index < -0.39 is 5.97 Å². The molecule has 0 atom stereocenters. The molecular formula is C9H13N3O3. The maximum Gasteiger partial charge on any atom is 0.354 e. The number of aromatic nitrogens is 2. The highest BCUT2D eigenvalue weighted by atomic mass is 16.4. The Kier molecular flexibility index (Phi) is 3.99. The van der Waals surface area contributed by atoms with Crippen molar-refractivity contribution in [3.8, 4) is 0 Å². The maximum atomic E-state index is 10.7. The first kappa shape index (κ1) is 11.4. The molecule has 6 heteroatoms. The number of nitrogens with one attached hydrogen (secondary N) is 1. The van der Waals surface area contributed by atoms with Gasteiger partial charge < -0.3 is 15.5 Å². The quantitative estimate of drug-likeness (QED) is 0.605. The zero-order valence-corrected chi connectivity index (χ0v) is 8.40. The number of rotatable bonds is 5. The molecule has 0 saturated carbocycles. The van der Waals surface area contributed by atoms with Crippen LogP contribution in [0, 0.1) is 6.92 Å². The van der Waals surface area contributed by atoms with Gasteiger partial charge in [0.15, 0.2) is 5.69 Å². The third kappa shape index (κ3) is 3.51. The Labute approximate surface area is 87.0 Å². The minimum atomic E-state index is -1.08. The van der Waals surface area contributed by atoms with Crippen molar-refractivity contribution in [1.29, 1.82) is 0 Å². The van der Waals surface area contributed by atoms with Gasteiger partial charge >= 0.3 is 5.97 Å². The lowest BCUT2D eigenvalue weighted by Gasteiger charge is -2.05. The van der Waals surface area contributed by atoms with E-state index in [0.29, 0.717) is 18.7 Å². The minimum Gasteiger partial charge on any atom is -0.477 e. The van der Waals surface area contributed by atoms with E-state index in [1.165, 1.54) is 6.07 Å². The van der Waals surface area contributed by atoms with E-state index in [0.717, 1.165) is 0 Å². The number of aliphatic hydroxyl groups is 1. The molecule has 1 rings (SSSR count). The van der Waals surface area contributed by atoms with Crippen LogP contribution < -0.4 is 5.32 Å². The highest BCUT2D eigenvalue weighted by Crippen LogP contribution is 2.04. The van der Waals surface area contributed by atoms with Crippen molar-refractivity contribution in [2.45, 2.75) is 13.3 Å². The fourth-order valence-electron chi connectivity index (χ4n) is 1.04. The first-order valence-electron chi connectivity index (χ1n) is 4.57. The van der Waals surface area contributed by atoms with Gasteiger partial charge in [-0.15, -0.1) is 0 Å². The Morgan fingerprint density at radius 1 is 1.53 bits per heavy atom. The van der Waals surface area contributed by atoms with Gasteiger partial charge in [0, 0.05) is 18.8 Å². The lowest BCUT2D eigenvalue weighted by Crippen LogP contribution is -2.10. The Hall–Kier alpha value is -1.69. The van der Waals surface area contributed by atoms with Crippen molar-refractivity contribution >= 4 is 11.9 Å². The molecule has 0 aliphatic carbocycles. The number of carboxylic acids is 1. The molecule has 0 fully saturated rings. The third-order valence-electron chi connectivity index (χ3n) is 1.69. The van der Waals surface area contributed by atoms with Gasteiger partial charge in [-0.25, -0.2) is 14.8 Å². The van der Waals surface area contributed by atoms with E-state index >= 15 is 0 Å². The SMILES string of the molecule is Cc1cc(C(=O)O)nc(NCCCO)n1. The number of hydrogen-bond donors (Lipinski definition) is 3. The summed E-state index contributed by atoms with van der Waals surface area (Å²) < 4.78 is 0. The second-order valence-corrected chi connectivity index (χ2v) is 3.03. The number of anilines is 1. The highest BCUT2D eigenvalue weighted by Gasteiger charge is 2.07. The molecule has 15 heavy (non-hydrogen) atoms. The molecule has 1 aromatic heterocycles. The molecule has 6 nitrogen and oxygen atoms in total. The van der Waals surface area contributed by atoms with Crippen LogP contribution in [0.3, 0.4) is 0 Å². The molecule has 0 amide bonds. The van der Waals surface area contributed by atoms with Crippen LogP contribution in [0.5, 0.6) is 0 Å². The minimum absolute atomic E-state index is 0.0333. The van der Waals surface area contributed by atoms with Crippen molar-refractivity contribution in [3.05, 3.63) is 17.5 Å². The first-order valence-corrected chi connectivity index (χ1v) is 4.57. The molecule has 0 unspecified atom stereocenters. The summed E-state index contributed by atoms with van der Waals surface area (Å²) in [6.45, 7) is 2.29. The lowest BCUT2D eigenvalue weighted by molar-refractivity contribution is 0.0690. The molecular weight excluding hydrogens is 198 g/mol. The zero-order valence-electron chi connectivity index (χ0n) is 8.40. The summed E-state index contributed by atoms with van der Waals surface area (Å²) in [5, 5.41) is 20.2. The average Bonchev–Trinajstić information content (AvgIpc) is 2.17. The van der Waals surface area contributed by atoms with Crippen LogP contribution in [0.1, 0.15) is 22.6 Å². The molecule has 0 aliphatic rings. The summed E-state index contributed by atoms with van der Waals surface area (Å²) >= 11 is 0. The lowest BCUT2D eigenvalue weighted by atomic mass is 10.3. The van der Waals surface area contributed by atoms with Crippen LogP contribution in [0.25, 0.3) is 0 Å². The van der Waals surface area contributed by atoms with Crippen LogP contribution in [-0.2, 0) is 0 Å². The van der Waals surface area contributed by atoms with Crippen LogP contribution in [-0.4, -0.2) is 39.3 Å². The molecule has 0 aliphatic heterocycles.